The predicted octanol–water partition coefficient (Wildman–Crippen LogP) is 4.46. The fourth-order valence-electron chi connectivity index (χ4n) is 2.95. The van der Waals surface area contributed by atoms with E-state index in [4.69, 9.17) is 4.74 Å². The minimum Gasteiger partial charge on any atom is -0.494 e. The second kappa shape index (κ2) is 10.1. The lowest BCUT2D eigenvalue weighted by atomic mass is 10.2. The number of aliphatic imine (C=N–C) groups is 1. The van der Waals surface area contributed by atoms with Crippen molar-refractivity contribution in [3.8, 4) is 5.75 Å². The van der Waals surface area contributed by atoms with Crippen molar-refractivity contribution in [1.29, 1.82) is 0 Å². The van der Waals surface area contributed by atoms with E-state index in [0.717, 1.165) is 17.9 Å². The number of carbonyl (C=O) groups is 2. The van der Waals surface area contributed by atoms with Crippen LogP contribution in [0.5, 0.6) is 5.75 Å². The topological polar surface area (TPSA) is 71.0 Å². The van der Waals surface area contributed by atoms with Gasteiger partial charge in [-0.1, -0.05) is 36.9 Å². The molecule has 1 atom stereocenters. The van der Waals surface area contributed by atoms with Crippen LogP contribution in [0.15, 0.2) is 59.6 Å². The second-order valence-electron chi connectivity index (χ2n) is 6.54. The molecule has 3 rings (SSSR count). The van der Waals surface area contributed by atoms with Crippen molar-refractivity contribution < 1.29 is 14.3 Å². The molecule has 0 bridgehead atoms. The number of thioether (sulfide) groups is 1. The third-order valence-corrected chi connectivity index (χ3v) is 5.44. The van der Waals surface area contributed by atoms with Gasteiger partial charge in [0, 0.05) is 18.7 Å². The first-order chi connectivity index (χ1) is 14.1. The highest BCUT2D eigenvalue weighted by molar-refractivity contribution is 8.15. The Bertz CT molecular complexity index is 869. The molecule has 0 aromatic heterocycles. The molecular formula is C22H25N3O3S. The largest absolute Gasteiger partial charge is 0.494 e. The van der Waals surface area contributed by atoms with Crippen molar-refractivity contribution in [2.45, 2.75) is 31.9 Å². The van der Waals surface area contributed by atoms with Crippen molar-refractivity contribution in [2.75, 3.05) is 18.5 Å². The van der Waals surface area contributed by atoms with Gasteiger partial charge in [-0.3, -0.25) is 14.5 Å². The molecule has 2 aromatic rings. The van der Waals surface area contributed by atoms with Gasteiger partial charge in [0.1, 0.15) is 11.0 Å². The van der Waals surface area contributed by atoms with Crippen LogP contribution in [0.3, 0.4) is 0 Å². The van der Waals surface area contributed by atoms with Crippen LogP contribution in [-0.4, -0.2) is 40.3 Å². The first-order valence-electron chi connectivity index (χ1n) is 9.75. The number of hydrogen-bond acceptors (Lipinski definition) is 5. The molecule has 1 heterocycles. The molecule has 0 radical (unpaired) electrons. The number of anilines is 1. The van der Waals surface area contributed by atoms with Crippen LogP contribution >= 0.6 is 11.8 Å². The normalized spacial score (nSPS) is 17.6. The third-order valence-electron chi connectivity index (χ3n) is 4.27. The Morgan fingerprint density at radius 3 is 2.52 bits per heavy atom. The summed E-state index contributed by atoms with van der Waals surface area (Å²) < 4.78 is 5.40. The van der Waals surface area contributed by atoms with Gasteiger partial charge >= 0.3 is 0 Å². The molecule has 2 aromatic carbocycles. The lowest BCUT2D eigenvalue weighted by molar-refractivity contribution is -0.128. The number of ether oxygens (including phenoxy) is 1. The van der Waals surface area contributed by atoms with Gasteiger partial charge in [0.15, 0.2) is 5.17 Å². The number of nitrogens with zero attached hydrogens (tertiary/aromatic N) is 2. The lowest BCUT2D eigenvalue weighted by Gasteiger charge is -2.15. The summed E-state index contributed by atoms with van der Waals surface area (Å²) in [5.41, 5.74) is 1.47. The van der Waals surface area contributed by atoms with Crippen molar-refractivity contribution in [1.82, 2.24) is 4.90 Å². The molecule has 1 aliphatic rings. The summed E-state index contributed by atoms with van der Waals surface area (Å²) in [4.78, 5) is 31.6. The Morgan fingerprint density at radius 1 is 1.14 bits per heavy atom. The summed E-state index contributed by atoms with van der Waals surface area (Å²) in [7, 11) is 0. The van der Waals surface area contributed by atoms with Gasteiger partial charge in [-0.25, -0.2) is 4.99 Å². The summed E-state index contributed by atoms with van der Waals surface area (Å²) in [5.74, 6) is 0.495. The molecule has 29 heavy (non-hydrogen) atoms. The number of amidine groups is 1. The van der Waals surface area contributed by atoms with E-state index in [2.05, 4.69) is 10.3 Å². The smallest absolute Gasteiger partial charge is 0.242 e. The number of hydrogen-bond donors (Lipinski definition) is 1. The summed E-state index contributed by atoms with van der Waals surface area (Å²) >= 11 is 1.36. The molecule has 2 amide bonds. The van der Waals surface area contributed by atoms with Gasteiger partial charge in [-0.15, -0.1) is 0 Å². The molecule has 0 unspecified atom stereocenters. The van der Waals surface area contributed by atoms with Crippen LogP contribution in [-0.2, 0) is 9.59 Å². The minimum absolute atomic E-state index is 0.0617. The molecular weight excluding hydrogens is 386 g/mol. The number of amides is 2. The first kappa shape index (κ1) is 20.9. The van der Waals surface area contributed by atoms with Gasteiger partial charge in [0.05, 0.1) is 12.3 Å². The van der Waals surface area contributed by atoms with Crippen LogP contribution < -0.4 is 10.1 Å². The summed E-state index contributed by atoms with van der Waals surface area (Å²) in [6, 6.07) is 16.7. The summed E-state index contributed by atoms with van der Waals surface area (Å²) in [6.07, 6.45) is 0.927. The lowest BCUT2D eigenvalue weighted by Crippen LogP contribution is -2.34. The fourth-order valence-corrected chi connectivity index (χ4v) is 4.13. The highest BCUT2D eigenvalue weighted by Gasteiger charge is 2.38. The van der Waals surface area contributed by atoms with Gasteiger partial charge in [-0.05, 0) is 49.7 Å². The van der Waals surface area contributed by atoms with E-state index in [9.17, 15) is 9.59 Å². The Kier molecular flexibility index (Phi) is 7.30. The van der Waals surface area contributed by atoms with Gasteiger partial charge < -0.3 is 10.1 Å². The van der Waals surface area contributed by atoms with Crippen LogP contribution in [0, 0.1) is 0 Å². The molecule has 6 nitrogen and oxygen atoms in total. The standard InChI is InChI=1S/C22H25N3O3S/c1-3-14-25-21(27)19(29-22(25)24-16-8-6-5-7-9-16)15-20(26)23-17-10-12-18(13-11-17)28-4-2/h5-13,19H,3-4,14-15H2,1-2H3,(H,23,26)/t19-/m0/s1. The van der Waals surface area contributed by atoms with Crippen molar-refractivity contribution >= 4 is 40.1 Å². The van der Waals surface area contributed by atoms with Gasteiger partial charge in [0.2, 0.25) is 11.8 Å². The Hall–Kier alpha value is -2.80. The minimum atomic E-state index is -0.466. The van der Waals surface area contributed by atoms with E-state index in [1.807, 2.05) is 56.3 Å². The van der Waals surface area contributed by atoms with Crippen LogP contribution in [0.1, 0.15) is 26.7 Å². The quantitative estimate of drug-likeness (QED) is 0.696. The zero-order valence-electron chi connectivity index (χ0n) is 16.6. The maximum Gasteiger partial charge on any atom is 0.242 e. The zero-order valence-corrected chi connectivity index (χ0v) is 17.4. The van der Waals surface area contributed by atoms with E-state index in [1.165, 1.54) is 11.8 Å². The van der Waals surface area contributed by atoms with Crippen molar-refractivity contribution in [2.24, 2.45) is 4.99 Å². The summed E-state index contributed by atoms with van der Waals surface area (Å²) in [6.45, 7) is 5.12. The van der Waals surface area contributed by atoms with Gasteiger partial charge in [0.25, 0.3) is 0 Å². The van der Waals surface area contributed by atoms with Crippen LogP contribution in [0.25, 0.3) is 0 Å². The molecule has 1 aliphatic heterocycles. The van der Waals surface area contributed by atoms with Crippen molar-refractivity contribution in [3.05, 3.63) is 54.6 Å². The van der Waals surface area contributed by atoms with Crippen LogP contribution in [0.2, 0.25) is 0 Å². The molecule has 152 valence electrons. The predicted molar refractivity (Wildman–Crippen MR) is 118 cm³/mol. The number of carbonyl (C=O) groups excluding carboxylic acids is 2. The fraction of sp³-hybridized carbons (Fsp3) is 0.318. The number of para-hydroxylation sites is 1. The average molecular weight is 412 g/mol. The summed E-state index contributed by atoms with van der Waals surface area (Å²) in [5, 5.41) is 3.04. The third kappa shape index (κ3) is 5.60. The molecule has 1 N–H and O–H groups in total. The molecule has 7 heteroatoms. The Balaban J connectivity index is 1.66. The van der Waals surface area contributed by atoms with E-state index in [1.54, 1.807) is 17.0 Å². The van der Waals surface area contributed by atoms with Gasteiger partial charge in [-0.2, -0.15) is 0 Å². The zero-order chi connectivity index (χ0) is 20.6. The molecule has 0 saturated carbocycles. The number of rotatable bonds is 8. The second-order valence-corrected chi connectivity index (χ2v) is 7.71. The number of benzene rings is 2. The van der Waals surface area contributed by atoms with E-state index in [-0.39, 0.29) is 18.2 Å². The molecule has 1 fully saturated rings. The Labute approximate surface area is 175 Å². The number of nitrogens with one attached hydrogen (secondary N) is 1. The van der Waals surface area contributed by atoms with Crippen molar-refractivity contribution in [3.63, 3.8) is 0 Å². The van der Waals surface area contributed by atoms with E-state index in [0.29, 0.717) is 24.0 Å². The molecule has 0 aliphatic carbocycles. The average Bonchev–Trinajstić information content (AvgIpc) is 2.99. The highest BCUT2D eigenvalue weighted by Crippen LogP contribution is 2.32. The maximum absolute atomic E-state index is 12.8. The molecule has 0 spiro atoms. The maximum atomic E-state index is 12.8. The first-order valence-corrected chi connectivity index (χ1v) is 10.6. The molecule has 1 saturated heterocycles. The Morgan fingerprint density at radius 2 is 1.86 bits per heavy atom. The van der Waals surface area contributed by atoms with E-state index >= 15 is 0 Å². The monoisotopic (exact) mass is 411 g/mol. The van der Waals surface area contributed by atoms with Crippen LogP contribution in [0.4, 0.5) is 11.4 Å². The van der Waals surface area contributed by atoms with E-state index < -0.39 is 5.25 Å². The highest BCUT2D eigenvalue weighted by atomic mass is 32.2. The SMILES string of the molecule is CCCN1C(=O)[C@H](CC(=O)Nc2ccc(OCC)cc2)SC1=Nc1ccccc1.